The van der Waals surface area contributed by atoms with Crippen LogP contribution in [0.25, 0.3) is 0 Å². The zero-order valence-electron chi connectivity index (χ0n) is 12.1. The van der Waals surface area contributed by atoms with Gasteiger partial charge < -0.3 is 14.6 Å². The van der Waals surface area contributed by atoms with Crippen LogP contribution in [0.5, 0.6) is 11.5 Å². The van der Waals surface area contributed by atoms with Crippen molar-refractivity contribution in [3.05, 3.63) is 58.6 Å². The highest BCUT2D eigenvalue weighted by molar-refractivity contribution is 6.30. The Balaban J connectivity index is 2.09. The molecule has 23 heavy (non-hydrogen) atoms. The topological polar surface area (TPSA) is 68.1 Å². The molecule has 0 bridgehead atoms. The number of rotatable bonds is 5. The summed E-state index contributed by atoms with van der Waals surface area (Å²) in [6, 6.07) is 11.4. The van der Waals surface area contributed by atoms with Crippen molar-refractivity contribution in [3.63, 3.8) is 0 Å². The third kappa shape index (κ3) is 3.00. The number of hydrogen-bond donors (Lipinski definition) is 1. The maximum absolute atomic E-state index is 11.6. The fourth-order valence-corrected chi connectivity index (χ4v) is 2.79. The van der Waals surface area contributed by atoms with E-state index in [1.807, 2.05) is 6.07 Å². The van der Waals surface area contributed by atoms with Crippen LogP contribution >= 0.6 is 11.6 Å². The quantitative estimate of drug-likeness (QED) is 0.853. The number of halogens is 1. The Labute approximate surface area is 138 Å². The molecule has 1 heterocycles. The summed E-state index contributed by atoms with van der Waals surface area (Å²) in [6.07, 6.45) is 0. The first-order valence-corrected chi connectivity index (χ1v) is 7.31. The van der Waals surface area contributed by atoms with E-state index in [9.17, 15) is 9.90 Å². The Morgan fingerprint density at radius 3 is 2.43 bits per heavy atom. The average molecular weight is 332 g/mol. The van der Waals surface area contributed by atoms with Crippen molar-refractivity contribution in [2.24, 2.45) is 4.99 Å². The number of carbonyl (C=O) groups is 1. The van der Waals surface area contributed by atoms with Gasteiger partial charge in [0.05, 0.1) is 0 Å². The molecule has 0 saturated heterocycles. The smallest absolute Gasteiger partial charge is 0.329 e. The molecule has 1 aliphatic rings. The summed E-state index contributed by atoms with van der Waals surface area (Å²) < 4.78 is 10.7. The Bertz CT molecular complexity index is 745. The molecule has 1 N–H and O–H groups in total. The van der Waals surface area contributed by atoms with Crippen molar-refractivity contribution in [2.45, 2.75) is 12.0 Å². The minimum Gasteiger partial charge on any atom is -0.480 e. The van der Waals surface area contributed by atoms with Gasteiger partial charge in [0.1, 0.15) is 0 Å². The minimum atomic E-state index is -1.04. The van der Waals surface area contributed by atoms with Crippen molar-refractivity contribution in [3.8, 4) is 11.5 Å². The van der Waals surface area contributed by atoms with Crippen LogP contribution in [0.4, 0.5) is 0 Å². The number of fused-ring (bicyclic) bond motifs is 1. The van der Waals surface area contributed by atoms with Gasteiger partial charge in [-0.15, -0.1) is 0 Å². The molecule has 3 rings (SSSR count). The molecule has 1 aliphatic heterocycles. The number of hydrogen-bond acceptors (Lipinski definition) is 4. The highest BCUT2D eigenvalue weighted by Crippen LogP contribution is 2.38. The first-order valence-electron chi connectivity index (χ1n) is 6.94. The fraction of sp³-hybridized carbons (Fsp3) is 0.176. The first-order chi connectivity index (χ1) is 11.1. The fourth-order valence-electron chi connectivity index (χ4n) is 2.66. The van der Waals surface area contributed by atoms with Crippen LogP contribution in [-0.4, -0.2) is 30.6 Å². The molecule has 2 aromatic rings. The minimum absolute atomic E-state index is 0.159. The van der Waals surface area contributed by atoms with E-state index in [4.69, 9.17) is 21.1 Å². The molecular weight excluding hydrogens is 318 g/mol. The molecule has 0 spiro atoms. The second-order valence-corrected chi connectivity index (χ2v) is 5.54. The van der Waals surface area contributed by atoms with Crippen molar-refractivity contribution in [1.29, 1.82) is 0 Å². The number of aliphatic imine (C=N–C) groups is 1. The molecule has 0 unspecified atom stereocenters. The number of carboxylic acid groups (broad SMARTS) is 1. The van der Waals surface area contributed by atoms with Crippen molar-refractivity contribution in [2.75, 3.05) is 6.79 Å². The summed E-state index contributed by atoms with van der Waals surface area (Å²) in [7, 11) is 0. The molecule has 0 fully saturated rings. The molecular formula is C17H14ClNO4. The van der Waals surface area contributed by atoms with E-state index in [-0.39, 0.29) is 6.79 Å². The zero-order valence-corrected chi connectivity index (χ0v) is 12.9. The second kappa shape index (κ2) is 6.30. The summed E-state index contributed by atoms with van der Waals surface area (Å²) in [4.78, 5) is 15.4. The van der Waals surface area contributed by atoms with E-state index in [0.29, 0.717) is 16.5 Å². The van der Waals surface area contributed by atoms with Gasteiger partial charge in [0.25, 0.3) is 0 Å². The Morgan fingerprint density at radius 2 is 1.78 bits per heavy atom. The number of carboxylic acids is 1. The number of nitrogens with zero attached hydrogens (tertiary/aromatic N) is 1. The molecule has 118 valence electrons. The van der Waals surface area contributed by atoms with Crippen molar-refractivity contribution < 1.29 is 19.4 Å². The van der Waals surface area contributed by atoms with E-state index in [2.05, 4.69) is 11.7 Å². The Morgan fingerprint density at radius 1 is 1.13 bits per heavy atom. The average Bonchev–Trinajstić information content (AvgIpc) is 3.00. The van der Waals surface area contributed by atoms with E-state index in [1.54, 1.807) is 36.4 Å². The molecule has 6 heteroatoms. The lowest BCUT2D eigenvalue weighted by atomic mass is 9.85. The third-order valence-corrected chi connectivity index (χ3v) is 4.00. The van der Waals surface area contributed by atoms with Gasteiger partial charge in [-0.1, -0.05) is 29.8 Å². The first kappa shape index (κ1) is 15.4. The van der Waals surface area contributed by atoms with E-state index in [1.165, 1.54) is 0 Å². The van der Waals surface area contributed by atoms with Crippen LogP contribution in [0, 0.1) is 0 Å². The molecule has 0 saturated carbocycles. The summed E-state index contributed by atoms with van der Waals surface area (Å²) >= 11 is 5.93. The van der Waals surface area contributed by atoms with Gasteiger partial charge in [-0.2, -0.15) is 0 Å². The van der Waals surface area contributed by atoms with Crippen LogP contribution in [0.1, 0.15) is 17.0 Å². The molecule has 2 atom stereocenters. The lowest BCUT2D eigenvalue weighted by Crippen LogP contribution is -2.27. The van der Waals surface area contributed by atoms with Crippen LogP contribution in [-0.2, 0) is 4.79 Å². The molecule has 2 aromatic carbocycles. The second-order valence-electron chi connectivity index (χ2n) is 5.11. The lowest BCUT2D eigenvalue weighted by Gasteiger charge is -2.22. The standard InChI is InChI=1S/C17H14ClNO4/c1-19-16(17(20)21)15(10-2-5-12(18)6-3-10)11-4-7-13-14(8-11)23-9-22-13/h2-8,15-16H,1,9H2,(H,20,21)/t15-,16+/m1/s1. The molecule has 0 amide bonds. The third-order valence-electron chi connectivity index (χ3n) is 3.75. The van der Waals surface area contributed by atoms with Gasteiger partial charge in [-0.25, -0.2) is 4.79 Å². The van der Waals surface area contributed by atoms with E-state index >= 15 is 0 Å². The molecule has 0 radical (unpaired) electrons. The predicted molar refractivity (Wildman–Crippen MR) is 86.8 cm³/mol. The highest BCUT2D eigenvalue weighted by Gasteiger charge is 2.31. The van der Waals surface area contributed by atoms with Gasteiger partial charge in [-0.05, 0) is 42.1 Å². The maximum Gasteiger partial charge on any atom is 0.329 e. The van der Waals surface area contributed by atoms with Crippen LogP contribution in [0.2, 0.25) is 5.02 Å². The van der Waals surface area contributed by atoms with Crippen LogP contribution in [0.15, 0.2) is 47.5 Å². The van der Waals surface area contributed by atoms with Gasteiger partial charge in [0.2, 0.25) is 6.79 Å². The van der Waals surface area contributed by atoms with E-state index < -0.39 is 17.9 Å². The molecule has 0 aliphatic carbocycles. The highest BCUT2D eigenvalue weighted by atomic mass is 35.5. The van der Waals surface area contributed by atoms with Gasteiger partial charge in [0.15, 0.2) is 17.5 Å². The Kier molecular flexibility index (Phi) is 4.21. The lowest BCUT2D eigenvalue weighted by molar-refractivity contribution is -0.138. The van der Waals surface area contributed by atoms with E-state index in [0.717, 1.165) is 11.1 Å². The van der Waals surface area contributed by atoms with Crippen LogP contribution in [0.3, 0.4) is 0 Å². The largest absolute Gasteiger partial charge is 0.480 e. The van der Waals surface area contributed by atoms with Gasteiger partial charge >= 0.3 is 5.97 Å². The normalized spacial score (nSPS) is 15.0. The van der Waals surface area contributed by atoms with Gasteiger partial charge in [-0.3, -0.25) is 4.99 Å². The predicted octanol–water partition coefficient (Wildman–Crippen LogP) is 3.35. The van der Waals surface area contributed by atoms with Gasteiger partial charge in [0, 0.05) is 10.9 Å². The number of benzene rings is 2. The van der Waals surface area contributed by atoms with Crippen molar-refractivity contribution >= 4 is 24.3 Å². The summed E-state index contributed by atoms with van der Waals surface area (Å²) in [5.74, 6) is -0.314. The summed E-state index contributed by atoms with van der Waals surface area (Å²) in [5.41, 5.74) is 1.55. The zero-order chi connectivity index (χ0) is 16.4. The monoisotopic (exact) mass is 331 g/mol. The maximum atomic E-state index is 11.6. The summed E-state index contributed by atoms with van der Waals surface area (Å²) in [5, 5.41) is 10.1. The van der Waals surface area contributed by atoms with Crippen LogP contribution < -0.4 is 9.47 Å². The summed E-state index contributed by atoms with van der Waals surface area (Å²) in [6.45, 7) is 3.59. The number of aliphatic carboxylic acids is 1. The number of ether oxygens (including phenoxy) is 2. The van der Waals surface area contributed by atoms with Crippen molar-refractivity contribution in [1.82, 2.24) is 0 Å². The molecule has 0 aromatic heterocycles. The SMILES string of the molecule is C=N[C@H](C(=O)O)[C@H](c1ccc(Cl)cc1)c1ccc2c(c1)OCO2. The molecule has 5 nitrogen and oxygen atoms in total. The Hall–Kier alpha value is -2.53.